The minimum absolute atomic E-state index is 0.0605. The maximum Gasteiger partial charge on any atom is 0.303 e. The lowest BCUT2D eigenvalue weighted by Gasteiger charge is -2.40. The van der Waals surface area contributed by atoms with Crippen molar-refractivity contribution < 1.29 is 33.3 Å². The van der Waals surface area contributed by atoms with Crippen LogP contribution in [0.1, 0.15) is 33.4 Å². The summed E-state index contributed by atoms with van der Waals surface area (Å²) in [6.45, 7) is 3.44. The Labute approximate surface area is 180 Å². The fourth-order valence-electron chi connectivity index (χ4n) is 3.16. The lowest BCUT2D eigenvalue weighted by molar-refractivity contribution is -0.226. The standard InChI is InChI=1S/C17H18Cl2N4O7/c1-7(24)27-5-11-14(29-9(3)26)10(28-8(2)25)4-12(30-11)23-6-20-13-15(18)21-17(19)22-16(13)23/h6,10-12,14H,4-5H2,1-3H3/t10-,11+,12-,14+/m1/s1. The topological polar surface area (TPSA) is 132 Å². The summed E-state index contributed by atoms with van der Waals surface area (Å²) >= 11 is 12.0. The smallest absolute Gasteiger partial charge is 0.303 e. The number of hydrogen-bond acceptors (Lipinski definition) is 10. The third-order valence-electron chi connectivity index (χ3n) is 4.23. The summed E-state index contributed by atoms with van der Waals surface area (Å²) in [4.78, 5) is 46.7. The van der Waals surface area contributed by atoms with Gasteiger partial charge in [-0.3, -0.25) is 19.0 Å². The number of rotatable bonds is 5. The van der Waals surface area contributed by atoms with Crippen LogP contribution in [0, 0.1) is 0 Å². The molecule has 2 aromatic heterocycles. The molecule has 3 heterocycles. The molecule has 3 rings (SSSR count). The first-order chi connectivity index (χ1) is 14.2. The summed E-state index contributed by atoms with van der Waals surface area (Å²) in [5.41, 5.74) is 0.594. The highest BCUT2D eigenvalue weighted by molar-refractivity contribution is 6.35. The molecule has 2 aromatic rings. The van der Waals surface area contributed by atoms with Gasteiger partial charge in [0.2, 0.25) is 5.28 Å². The van der Waals surface area contributed by atoms with Crippen molar-refractivity contribution >= 4 is 52.3 Å². The Morgan fingerprint density at radius 3 is 2.47 bits per heavy atom. The van der Waals surface area contributed by atoms with Crippen molar-refractivity contribution in [3.63, 3.8) is 0 Å². The molecule has 0 aromatic carbocycles. The molecule has 0 N–H and O–H groups in total. The highest BCUT2D eigenvalue weighted by atomic mass is 35.5. The van der Waals surface area contributed by atoms with Crippen LogP contribution in [-0.4, -0.2) is 62.3 Å². The quantitative estimate of drug-likeness (QED) is 0.281. The molecule has 13 heteroatoms. The van der Waals surface area contributed by atoms with E-state index in [1.165, 1.54) is 31.7 Å². The van der Waals surface area contributed by atoms with Crippen LogP contribution in [0.25, 0.3) is 11.2 Å². The van der Waals surface area contributed by atoms with Gasteiger partial charge in [-0.05, 0) is 11.6 Å². The molecule has 30 heavy (non-hydrogen) atoms. The van der Waals surface area contributed by atoms with Crippen LogP contribution in [0.5, 0.6) is 0 Å². The van der Waals surface area contributed by atoms with Crippen LogP contribution in [-0.2, 0) is 33.3 Å². The van der Waals surface area contributed by atoms with Crippen LogP contribution in [0.2, 0.25) is 10.4 Å². The van der Waals surface area contributed by atoms with Gasteiger partial charge < -0.3 is 18.9 Å². The lowest BCUT2D eigenvalue weighted by Crippen LogP contribution is -2.52. The molecule has 0 radical (unpaired) electrons. The maximum atomic E-state index is 11.6. The molecule has 11 nitrogen and oxygen atoms in total. The molecular formula is C17H18Cl2N4O7. The Morgan fingerprint density at radius 2 is 1.83 bits per heavy atom. The Hall–Kier alpha value is -2.50. The molecule has 1 fully saturated rings. The van der Waals surface area contributed by atoms with Gasteiger partial charge in [-0.1, -0.05) is 11.6 Å². The van der Waals surface area contributed by atoms with Gasteiger partial charge in [0.25, 0.3) is 0 Å². The van der Waals surface area contributed by atoms with Crippen LogP contribution >= 0.6 is 23.2 Å². The minimum atomic E-state index is -0.987. The second-order valence-electron chi connectivity index (χ2n) is 6.50. The molecule has 162 valence electrons. The van der Waals surface area contributed by atoms with E-state index >= 15 is 0 Å². The molecule has 0 amide bonds. The molecule has 1 aliphatic rings. The van der Waals surface area contributed by atoms with Crippen LogP contribution in [0.4, 0.5) is 0 Å². The van der Waals surface area contributed by atoms with E-state index in [1.54, 1.807) is 0 Å². The zero-order valence-electron chi connectivity index (χ0n) is 16.2. The summed E-state index contributed by atoms with van der Waals surface area (Å²) < 4.78 is 23.3. The number of hydrogen-bond donors (Lipinski definition) is 0. The molecule has 0 unspecified atom stereocenters. The number of halogens is 2. The molecule has 0 spiro atoms. The van der Waals surface area contributed by atoms with Crippen molar-refractivity contribution in [2.75, 3.05) is 6.61 Å². The number of carbonyl (C=O) groups excluding carboxylic acids is 3. The van der Waals surface area contributed by atoms with Gasteiger partial charge in [0, 0.05) is 27.2 Å². The van der Waals surface area contributed by atoms with Gasteiger partial charge in [-0.15, -0.1) is 0 Å². The molecule has 1 aliphatic heterocycles. The van der Waals surface area contributed by atoms with Crippen molar-refractivity contribution in [1.29, 1.82) is 0 Å². The Bertz CT molecular complexity index is 982. The van der Waals surface area contributed by atoms with Gasteiger partial charge in [0.15, 0.2) is 16.9 Å². The number of carbonyl (C=O) groups is 3. The van der Waals surface area contributed by atoms with E-state index in [9.17, 15) is 14.4 Å². The molecular weight excluding hydrogens is 443 g/mol. The van der Waals surface area contributed by atoms with Crippen LogP contribution in [0.3, 0.4) is 0 Å². The first-order valence-corrected chi connectivity index (χ1v) is 9.60. The molecule has 4 atom stereocenters. The van der Waals surface area contributed by atoms with Crippen molar-refractivity contribution in [2.24, 2.45) is 0 Å². The number of fused-ring (bicyclic) bond motifs is 1. The summed E-state index contributed by atoms with van der Waals surface area (Å²) in [5, 5.41) is -0.0267. The lowest BCUT2D eigenvalue weighted by atomic mass is 10.00. The first kappa shape index (κ1) is 22.2. The Kier molecular flexibility index (Phi) is 6.74. The Balaban J connectivity index is 1.98. The van der Waals surface area contributed by atoms with E-state index in [1.807, 2.05) is 0 Å². The average Bonchev–Trinajstić information content (AvgIpc) is 3.05. The van der Waals surface area contributed by atoms with E-state index in [0.717, 1.165) is 0 Å². The zero-order chi connectivity index (χ0) is 22.0. The van der Waals surface area contributed by atoms with E-state index in [0.29, 0.717) is 11.2 Å². The predicted molar refractivity (Wildman–Crippen MR) is 102 cm³/mol. The SMILES string of the molecule is CC(=O)OC[C@@H]1O[C@@H](n2cnc3c(Cl)nc(Cl)nc32)C[C@@H](OC(C)=O)[C@@H]1OC(C)=O. The van der Waals surface area contributed by atoms with Gasteiger partial charge in [-0.25, -0.2) is 9.97 Å². The number of imidazole rings is 1. The van der Waals surface area contributed by atoms with Gasteiger partial charge >= 0.3 is 17.9 Å². The number of ether oxygens (including phenoxy) is 4. The maximum absolute atomic E-state index is 11.6. The highest BCUT2D eigenvalue weighted by Gasteiger charge is 2.44. The number of esters is 3. The van der Waals surface area contributed by atoms with Gasteiger partial charge in [0.1, 0.15) is 30.6 Å². The fourth-order valence-corrected chi connectivity index (χ4v) is 3.58. The summed E-state index contributed by atoms with van der Waals surface area (Å²) in [6.07, 6.45) is -2.04. The van der Waals surface area contributed by atoms with Crippen molar-refractivity contribution in [2.45, 2.75) is 51.7 Å². The molecule has 0 aliphatic carbocycles. The van der Waals surface area contributed by atoms with Gasteiger partial charge in [0.05, 0.1) is 6.33 Å². The van der Waals surface area contributed by atoms with E-state index in [2.05, 4.69) is 15.0 Å². The third kappa shape index (κ3) is 4.97. The number of nitrogens with zero attached hydrogens (tertiary/aromatic N) is 4. The molecule has 0 saturated carbocycles. The minimum Gasteiger partial charge on any atom is -0.463 e. The molecule has 1 saturated heterocycles. The van der Waals surface area contributed by atoms with Crippen LogP contribution in [0.15, 0.2) is 6.33 Å². The average molecular weight is 461 g/mol. The number of aromatic nitrogens is 4. The van der Waals surface area contributed by atoms with Crippen molar-refractivity contribution in [3.8, 4) is 0 Å². The largest absolute Gasteiger partial charge is 0.463 e. The highest BCUT2D eigenvalue weighted by Crippen LogP contribution is 2.34. The van der Waals surface area contributed by atoms with Crippen molar-refractivity contribution in [3.05, 3.63) is 16.8 Å². The van der Waals surface area contributed by atoms with Crippen molar-refractivity contribution in [1.82, 2.24) is 19.5 Å². The summed E-state index contributed by atoms with van der Waals surface area (Å²) in [5.74, 6) is -1.73. The second kappa shape index (κ2) is 9.11. The van der Waals surface area contributed by atoms with Crippen LogP contribution < -0.4 is 0 Å². The predicted octanol–water partition coefficient (Wildman–Crippen LogP) is 1.85. The second-order valence-corrected chi connectivity index (χ2v) is 7.19. The summed E-state index contributed by atoms with van der Waals surface area (Å²) in [6, 6.07) is 0. The Morgan fingerprint density at radius 1 is 1.13 bits per heavy atom. The van der Waals surface area contributed by atoms with E-state index < -0.39 is 42.4 Å². The molecule has 0 bridgehead atoms. The normalized spacial score (nSPS) is 23.8. The van der Waals surface area contributed by atoms with E-state index in [-0.39, 0.29) is 23.5 Å². The third-order valence-corrected chi connectivity index (χ3v) is 4.66. The first-order valence-electron chi connectivity index (χ1n) is 8.84. The monoisotopic (exact) mass is 460 g/mol. The summed E-state index contributed by atoms with van der Waals surface area (Å²) in [7, 11) is 0. The van der Waals surface area contributed by atoms with E-state index in [4.69, 9.17) is 42.1 Å². The zero-order valence-corrected chi connectivity index (χ0v) is 17.7. The fraction of sp³-hybridized carbons (Fsp3) is 0.529. The van der Waals surface area contributed by atoms with Gasteiger partial charge in [-0.2, -0.15) is 4.98 Å².